The van der Waals surface area contributed by atoms with Crippen molar-refractivity contribution in [2.24, 2.45) is 4.99 Å². The number of fused-ring (bicyclic) bond motifs is 1. The molecular weight excluding hydrogens is 424 g/mol. The van der Waals surface area contributed by atoms with Crippen LogP contribution in [0.25, 0.3) is 17.3 Å². The third kappa shape index (κ3) is 3.34. The van der Waals surface area contributed by atoms with E-state index in [1.165, 1.54) is 23.8 Å². The second kappa shape index (κ2) is 7.69. The molecule has 7 nitrogen and oxygen atoms in total. The number of ether oxygens (including phenoxy) is 1. The molecule has 0 saturated carbocycles. The molecule has 0 radical (unpaired) electrons. The summed E-state index contributed by atoms with van der Waals surface area (Å²) in [5, 5.41) is 20.1. The maximum absolute atomic E-state index is 12.2. The number of benzene rings is 2. The molecule has 0 amide bonds. The number of carboxylic acids is 1. The van der Waals surface area contributed by atoms with Crippen molar-refractivity contribution in [1.29, 1.82) is 0 Å². The van der Waals surface area contributed by atoms with Crippen molar-refractivity contribution >= 4 is 58.5 Å². The fourth-order valence-electron chi connectivity index (χ4n) is 3.12. The molecule has 0 aliphatic carbocycles. The first-order chi connectivity index (χ1) is 14.4. The van der Waals surface area contributed by atoms with Gasteiger partial charge in [-0.2, -0.15) is 0 Å². The molecule has 0 bridgehead atoms. The summed E-state index contributed by atoms with van der Waals surface area (Å²) in [6.07, 6.45) is 1.63. The Morgan fingerprint density at radius 2 is 1.97 bits per heavy atom. The number of nitrogens with zero attached hydrogens (tertiary/aromatic N) is 2. The molecule has 0 saturated heterocycles. The Morgan fingerprint density at radius 3 is 2.70 bits per heavy atom. The average molecular weight is 438 g/mol. The lowest BCUT2D eigenvalue weighted by molar-refractivity contribution is -0.132. The van der Waals surface area contributed by atoms with E-state index in [9.17, 15) is 19.8 Å². The highest BCUT2D eigenvalue weighted by atomic mass is 32.1. The first-order valence-corrected chi connectivity index (χ1v) is 9.90. The second-order valence-corrected chi connectivity index (χ2v) is 7.95. The number of aliphatic imine (C=N–C) groups is 1. The van der Waals surface area contributed by atoms with Crippen LogP contribution in [0, 0.1) is 3.95 Å². The first kappa shape index (κ1) is 19.7. The molecule has 9 heteroatoms. The van der Waals surface area contributed by atoms with E-state index >= 15 is 0 Å². The number of aromatic nitrogens is 1. The van der Waals surface area contributed by atoms with Crippen molar-refractivity contribution < 1.29 is 24.5 Å². The van der Waals surface area contributed by atoms with Gasteiger partial charge in [0.1, 0.15) is 0 Å². The van der Waals surface area contributed by atoms with Crippen LogP contribution in [0.4, 0.5) is 5.69 Å². The lowest BCUT2D eigenvalue weighted by atomic mass is 10.0. The van der Waals surface area contributed by atoms with E-state index in [4.69, 9.17) is 17.0 Å². The summed E-state index contributed by atoms with van der Waals surface area (Å²) >= 11 is 6.53. The number of hydrogen-bond donors (Lipinski definition) is 2. The number of aromatic carboxylic acids is 1. The smallest absolute Gasteiger partial charge is 0.357 e. The number of esters is 1. The van der Waals surface area contributed by atoms with Crippen molar-refractivity contribution in [2.45, 2.75) is 0 Å². The number of thiazole rings is 1. The van der Waals surface area contributed by atoms with Gasteiger partial charge in [-0.25, -0.2) is 14.6 Å². The number of carbonyl (C=O) groups is 2. The van der Waals surface area contributed by atoms with Gasteiger partial charge in [0.2, 0.25) is 5.88 Å². The van der Waals surface area contributed by atoms with Crippen molar-refractivity contribution in [3.63, 3.8) is 0 Å². The van der Waals surface area contributed by atoms with Gasteiger partial charge in [0.05, 0.1) is 28.9 Å². The lowest BCUT2D eigenvalue weighted by Crippen LogP contribution is -2.14. The van der Waals surface area contributed by atoms with Gasteiger partial charge in [-0.05, 0) is 42.6 Å². The molecule has 2 N–H and O–H groups in total. The maximum atomic E-state index is 12.2. The van der Waals surface area contributed by atoms with Crippen LogP contribution in [0.1, 0.15) is 20.8 Å². The Kier molecular flexibility index (Phi) is 5.06. The van der Waals surface area contributed by atoms with E-state index in [0.717, 1.165) is 16.9 Å². The highest BCUT2D eigenvalue weighted by Crippen LogP contribution is 2.39. The summed E-state index contributed by atoms with van der Waals surface area (Å²) in [5.41, 5.74) is 2.50. The Hall–Kier alpha value is -3.56. The molecule has 0 fully saturated rings. The van der Waals surface area contributed by atoms with Crippen LogP contribution in [0.5, 0.6) is 5.88 Å². The molecule has 1 aliphatic rings. The summed E-state index contributed by atoms with van der Waals surface area (Å²) in [4.78, 5) is 28.3. The minimum atomic E-state index is -1.08. The summed E-state index contributed by atoms with van der Waals surface area (Å²) in [6.45, 7) is 0. The Balaban J connectivity index is 1.86. The zero-order chi connectivity index (χ0) is 21.4. The second-order valence-electron chi connectivity index (χ2n) is 6.27. The Morgan fingerprint density at radius 1 is 1.20 bits per heavy atom. The Labute approximate surface area is 179 Å². The van der Waals surface area contributed by atoms with Gasteiger partial charge in [0.15, 0.2) is 9.67 Å². The summed E-state index contributed by atoms with van der Waals surface area (Å²) in [7, 11) is 1.28. The molecule has 0 spiro atoms. The van der Waals surface area contributed by atoms with Crippen LogP contribution in [-0.2, 0) is 9.53 Å². The average Bonchev–Trinajstić information content (AvgIpc) is 3.24. The van der Waals surface area contributed by atoms with Crippen LogP contribution in [0.2, 0.25) is 0 Å². The normalized spacial score (nSPS) is 13.8. The third-order valence-corrected chi connectivity index (χ3v) is 5.81. The third-order valence-electron chi connectivity index (χ3n) is 4.50. The molecule has 2 heterocycles. The van der Waals surface area contributed by atoms with E-state index in [-0.39, 0.29) is 17.2 Å². The van der Waals surface area contributed by atoms with Crippen LogP contribution < -0.4 is 0 Å². The van der Waals surface area contributed by atoms with Gasteiger partial charge in [-0.1, -0.05) is 24.3 Å². The molecule has 0 unspecified atom stereocenters. The van der Waals surface area contributed by atoms with E-state index in [0.29, 0.717) is 25.8 Å². The van der Waals surface area contributed by atoms with E-state index in [2.05, 4.69) is 4.99 Å². The van der Waals surface area contributed by atoms with E-state index in [1.807, 2.05) is 18.2 Å². The summed E-state index contributed by atoms with van der Waals surface area (Å²) in [6, 6.07) is 13.3. The van der Waals surface area contributed by atoms with E-state index in [1.54, 1.807) is 24.3 Å². The predicted molar refractivity (Wildman–Crippen MR) is 117 cm³/mol. The van der Waals surface area contributed by atoms with Crippen LogP contribution in [0.15, 0.2) is 53.5 Å². The van der Waals surface area contributed by atoms with Gasteiger partial charge in [-0.15, -0.1) is 11.3 Å². The van der Waals surface area contributed by atoms with Gasteiger partial charge in [0.25, 0.3) is 0 Å². The zero-order valence-electron chi connectivity index (χ0n) is 15.5. The fourth-order valence-corrected chi connectivity index (χ4v) is 4.41. The highest BCUT2D eigenvalue weighted by Gasteiger charge is 2.27. The molecule has 0 atom stereocenters. The topological polar surface area (TPSA) is 101 Å². The molecule has 1 aromatic heterocycles. The lowest BCUT2D eigenvalue weighted by Gasteiger charge is -2.06. The molecule has 30 heavy (non-hydrogen) atoms. The number of carbonyl (C=O) groups excluding carboxylic acids is 1. The number of carboxylic acid groups (broad SMARTS) is 1. The van der Waals surface area contributed by atoms with Crippen LogP contribution in [-0.4, -0.2) is 39.5 Å². The van der Waals surface area contributed by atoms with Gasteiger partial charge >= 0.3 is 11.9 Å². The minimum absolute atomic E-state index is 0.0738. The van der Waals surface area contributed by atoms with Crippen molar-refractivity contribution in [2.75, 3.05) is 7.11 Å². The van der Waals surface area contributed by atoms with Gasteiger partial charge in [-0.3, -0.25) is 4.57 Å². The number of methoxy groups -OCH3 is 1. The SMILES string of the molecule is COC(=O)C1=Nc2ccccc2/C1=C\c1sc(=S)n(-c2cccc(C(=O)O)c2)c1O. The van der Waals surface area contributed by atoms with E-state index < -0.39 is 11.9 Å². The quantitative estimate of drug-likeness (QED) is 0.460. The Bertz CT molecular complexity index is 1320. The first-order valence-electron chi connectivity index (χ1n) is 8.67. The largest absolute Gasteiger partial charge is 0.493 e. The number of para-hydroxylation sites is 1. The standard InChI is InChI=1S/C21H14N2O5S2/c1-28-20(27)17-14(13-7-2-3-8-15(13)22-17)10-16-18(24)23(21(29)30-16)12-6-4-5-11(9-12)19(25)26/h2-10,24H,1H3,(H,25,26)/b14-10+. The predicted octanol–water partition coefficient (Wildman–Crippen LogP) is 4.47. The van der Waals surface area contributed by atoms with Crippen LogP contribution in [0.3, 0.4) is 0 Å². The summed E-state index contributed by atoms with van der Waals surface area (Å²) < 4.78 is 6.55. The van der Waals surface area contributed by atoms with Crippen molar-refractivity contribution in [3.05, 3.63) is 68.5 Å². The van der Waals surface area contributed by atoms with Crippen molar-refractivity contribution in [1.82, 2.24) is 4.57 Å². The molecule has 2 aromatic carbocycles. The van der Waals surface area contributed by atoms with Crippen LogP contribution >= 0.6 is 23.6 Å². The van der Waals surface area contributed by atoms with Gasteiger partial charge in [0, 0.05) is 11.1 Å². The molecule has 1 aliphatic heterocycles. The number of rotatable bonds is 4. The number of hydrogen-bond acceptors (Lipinski definition) is 7. The van der Waals surface area contributed by atoms with Crippen molar-refractivity contribution in [3.8, 4) is 11.6 Å². The maximum Gasteiger partial charge on any atom is 0.357 e. The molecule has 4 rings (SSSR count). The summed E-state index contributed by atoms with van der Waals surface area (Å²) in [5.74, 6) is -1.83. The monoisotopic (exact) mass is 438 g/mol. The van der Waals surface area contributed by atoms with Gasteiger partial charge < -0.3 is 14.9 Å². The molecule has 3 aromatic rings. The molecular formula is C21H14N2O5S2. The molecule has 150 valence electrons. The minimum Gasteiger partial charge on any atom is -0.493 e. The zero-order valence-corrected chi connectivity index (χ0v) is 17.2. The fraction of sp³-hybridized carbons (Fsp3) is 0.0476. The highest BCUT2D eigenvalue weighted by molar-refractivity contribution is 7.73. The number of aromatic hydroxyl groups is 1.